The number of rotatable bonds is 10. The molecule has 0 saturated heterocycles. The Balaban J connectivity index is -0.000000526. The van der Waals surface area contributed by atoms with Crippen molar-refractivity contribution in [3.63, 3.8) is 0 Å². The van der Waals surface area contributed by atoms with Crippen LogP contribution in [0, 0.1) is 11.8 Å². The molecule has 0 aliphatic heterocycles. The molecule has 0 heterocycles. The highest BCUT2D eigenvalue weighted by atomic mass is 32.2. The van der Waals surface area contributed by atoms with Gasteiger partial charge in [0.25, 0.3) is 40.5 Å². The first-order valence-electron chi connectivity index (χ1n) is 9.95. The molecule has 4 N–H and O–H groups in total. The normalized spacial score (nSPS) is 13.2. The van der Waals surface area contributed by atoms with Gasteiger partial charge in [0.15, 0.2) is 0 Å². The molecule has 35 heavy (non-hydrogen) atoms. The van der Waals surface area contributed by atoms with Crippen molar-refractivity contribution in [2.24, 2.45) is 21.8 Å². The van der Waals surface area contributed by atoms with Crippen molar-refractivity contribution in [1.82, 2.24) is 0 Å². The zero-order valence-corrected chi connectivity index (χ0v) is 24.3. The third-order valence-corrected chi connectivity index (χ3v) is 7.18. The molecule has 0 aromatic carbocycles. The Hall–Kier alpha value is -0.980. The van der Waals surface area contributed by atoms with Crippen LogP contribution < -0.4 is 0 Å². The molecule has 0 aliphatic carbocycles. The lowest BCUT2D eigenvalue weighted by atomic mass is 10.1. The second kappa shape index (κ2) is 14.7. The molecule has 0 rings (SSSR count). The summed E-state index contributed by atoms with van der Waals surface area (Å²) in [5.74, 6) is -1.50. The van der Waals surface area contributed by atoms with Gasteiger partial charge in [-0.3, -0.25) is 18.2 Å². The zero-order valence-electron chi connectivity index (χ0n) is 21.1. The molecular weight excluding hydrogens is 552 g/mol. The molecule has 0 unspecified atom stereocenters. The molecule has 0 aromatic rings. The summed E-state index contributed by atoms with van der Waals surface area (Å²) in [6, 6.07) is 2.21. The average Bonchev–Trinajstić information content (AvgIpc) is 2.35. The summed E-state index contributed by atoms with van der Waals surface area (Å²) in [5.41, 5.74) is -2.30. The molecule has 0 fully saturated rings. The third kappa shape index (κ3) is 37.7. The van der Waals surface area contributed by atoms with Crippen molar-refractivity contribution in [2.45, 2.75) is 66.5 Å². The van der Waals surface area contributed by atoms with Gasteiger partial charge in [0.2, 0.25) is 0 Å². The average molecular weight is 591 g/mol. The standard InChI is InChI=1S/C9H18N2O6S2.2C4H10O3S/c1-8(2,5-18(12,13)14)10-7-11-9(3,4)6-19(15,16)17;2*1-4(2)3-8(5,6)7/h5-6H2,1-4H3,(H,12,13,14)(H,15,16,17);2*4H,3H2,1-2H3,(H,5,6,7). The summed E-state index contributed by atoms with van der Waals surface area (Å²) in [4.78, 5) is 7.45. The molecule has 0 atom stereocenters. The Morgan fingerprint density at radius 3 is 0.914 bits per heavy atom. The van der Waals surface area contributed by atoms with Crippen LogP contribution in [0.15, 0.2) is 9.98 Å². The number of aliphatic imine (C=N–C) groups is 2. The van der Waals surface area contributed by atoms with Gasteiger partial charge in [-0.2, -0.15) is 33.7 Å². The van der Waals surface area contributed by atoms with Gasteiger partial charge in [0.05, 0.1) is 28.6 Å². The first-order chi connectivity index (χ1) is 15.0. The SMILES string of the molecule is CC(C)(CS(=O)(=O)O)N=C=NC(C)(C)CS(=O)(=O)O.CC(C)CS(=O)(=O)O.CC(C)CS(=O)(=O)O. The van der Waals surface area contributed by atoms with Crippen LogP contribution in [-0.4, -0.2) is 92.0 Å². The van der Waals surface area contributed by atoms with Crippen LogP contribution in [0.1, 0.15) is 55.4 Å². The van der Waals surface area contributed by atoms with Crippen molar-refractivity contribution < 1.29 is 51.9 Å². The lowest BCUT2D eigenvalue weighted by molar-refractivity contribution is 0.460. The smallest absolute Gasteiger partial charge is 0.267 e. The van der Waals surface area contributed by atoms with E-state index in [4.69, 9.17) is 18.2 Å². The second-order valence-electron chi connectivity index (χ2n) is 9.69. The van der Waals surface area contributed by atoms with Crippen LogP contribution in [-0.2, 0) is 40.5 Å². The van der Waals surface area contributed by atoms with Crippen molar-refractivity contribution >= 4 is 46.5 Å². The largest absolute Gasteiger partial charge is 0.286 e. The Morgan fingerprint density at radius 2 is 0.800 bits per heavy atom. The Morgan fingerprint density at radius 1 is 0.571 bits per heavy atom. The van der Waals surface area contributed by atoms with E-state index >= 15 is 0 Å². The predicted molar refractivity (Wildman–Crippen MR) is 133 cm³/mol. The lowest BCUT2D eigenvalue weighted by Gasteiger charge is -2.16. The number of hydrogen-bond donors (Lipinski definition) is 4. The van der Waals surface area contributed by atoms with Crippen LogP contribution >= 0.6 is 0 Å². The fraction of sp³-hybridized carbons (Fsp3) is 0.941. The van der Waals surface area contributed by atoms with Crippen LogP contribution in [0.4, 0.5) is 0 Å². The topological polar surface area (TPSA) is 242 Å². The van der Waals surface area contributed by atoms with Crippen LogP contribution in [0.2, 0.25) is 0 Å². The van der Waals surface area contributed by atoms with Crippen LogP contribution in [0.5, 0.6) is 0 Å². The lowest BCUT2D eigenvalue weighted by Crippen LogP contribution is -2.29. The molecule has 0 aromatic heterocycles. The molecule has 0 bridgehead atoms. The molecule has 14 nitrogen and oxygen atoms in total. The monoisotopic (exact) mass is 590 g/mol. The Labute approximate surface area is 209 Å². The van der Waals surface area contributed by atoms with Gasteiger partial charge in [-0.05, 0) is 39.5 Å². The van der Waals surface area contributed by atoms with E-state index < -0.39 is 63.1 Å². The molecule has 0 aliphatic rings. The molecule has 212 valence electrons. The Bertz CT molecular complexity index is 1040. The van der Waals surface area contributed by atoms with Gasteiger partial charge in [0, 0.05) is 0 Å². The van der Waals surface area contributed by atoms with Gasteiger partial charge in [-0.1, -0.05) is 27.7 Å². The van der Waals surface area contributed by atoms with Crippen molar-refractivity contribution in [2.75, 3.05) is 23.0 Å². The molecule has 0 spiro atoms. The minimum atomic E-state index is -4.19. The van der Waals surface area contributed by atoms with Crippen molar-refractivity contribution in [1.29, 1.82) is 0 Å². The van der Waals surface area contributed by atoms with Crippen LogP contribution in [0.25, 0.3) is 0 Å². The quantitative estimate of drug-likeness (QED) is 0.209. The third-order valence-electron chi connectivity index (χ3n) is 2.86. The molecule has 18 heteroatoms. The van der Waals surface area contributed by atoms with E-state index in [1.807, 2.05) is 0 Å². The van der Waals surface area contributed by atoms with Crippen molar-refractivity contribution in [3.05, 3.63) is 0 Å². The van der Waals surface area contributed by atoms with Gasteiger partial charge in [-0.25, -0.2) is 9.98 Å². The summed E-state index contributed by atoms with van der Waals surface area (Å²) in [5, 5.41) is 0. The van der Waals surface area contributed by atoms with E-state index in [0.29, 0.717) is 0 Å². The highest BCUT2D eigenvalue weighted by molar-refractivity contribution is 7.86. The maximum absolute atomic E-state index is 10.7. The molecule has 0 saturated carbocycles. The summed E-state index contributed by atoms with van der Waals surface area (Å²) < 4.78 is 117. The van der Waals surface area contributed by atoms with E-state index in [9.17, 15) is 33.7 Å². The minimum Gasteiger partial charge on any atom is -0.286 e. The fourth-order valence-electron chi connectivity index (χ4n) is 2.10. The second-order valence-corrected chi connectivity index (χ2v) is 15.6. The van der Waals surface area contributed by atoms with E-state index in [1.165, 1.54) is 27.7 Å². The summed E-state index contributed by atoms with van der Waals surface area (Å²) in [6.07, 6.45) is 0. The van der Waals surface area contributed by atoms with Crippen LogP contribution in [0.3, 0.4) is 0 Å². The molecular formula is C17H38N2O12S4. The predicted octanol–water partition coefficient (Wildman–Crippen LogP) is 1.55. The zero-order chi connectivity index (χ0) is 29.1. The summed E-state index contributed by atoms with van der Waals surface area (Å²) >= 11 is 0. The van der Waals surface area contributed by atoms with Gasteiger partial charge >= 0.3 is 0 Å². The summed E-state index contributed by atoms with van der Waals surface area (Å²) in [6.45, 7) is 12.7. The van der Waals surface area contributed by atoms with E-state index in [1.54, 1.807) is 27.7 Å². The number of nitrogens with zero attached hydrogens (tertiary/aromatic N) is 2. The van der Waals surface area contributed by atoms with Crippen molar-refractivity contribution in [3.8, 4) is 0 Å². The van der Waals surface area contributed by atoms with Gasteiger partial charge < -0.3 is 0 Å². The maximum atomic E-state index is 10.7. The first kappa shape index (κ1) is 38.5. The maximum Gasteiger partial charge on any atom is 0.267 e. The number of hydrogen-bond acceptors (Lipinski definition) is 10. The molecule has 0 radical (unpaired) electrons. The van der Waals surface area contributed by atoms with Gasteiger partial charge in [-0.15, -0.1) is 0 Å². The fourth-order valence-corrected chi connectivity index (χ4v) is 5.70. The van der Waals surface area contributed by atoms with Gasteiger partial charge in [0.1, 0.15) is 11.5 Å². The first-order valence-corrected chi connectivity index (χ1v) is 16.4. The summed E-state index contributed by atoms with van der Waals surface area (Å²) in [7, 11) is -15.8. The molecule has 0 amide bonds. The highest BCUT2D eigenvalue weighted by Crippen LogP contribution is 2.13. The minimum absolute atomic E-state index is 0.00463. The van der Waals surface area contributed by atoms with E-state index in [0.717, 1.165) is 0 Å². The highest BCUT2D eigenvalue weighted by Gasteiger charge is 2.25. The van der Waals surface area contributed by atoms with E-state index in [2.05, 4.69) is 16.0 Å². The van der Waals surface area contributed by atoms with E-state index in [-0.39, 0.29) is 23.3 Å². The Kier molecular flexibility index (Phi) is 16.2.